The monoisotopic (exact) mass is 234 g/mol. The van der Waals surface area contributed by atoms with Crippen LogP contribution in [0.3, 0.4) is 0 Å². The third kappa shape index (κ3) is 2.18. The summed E-state index contributed by atoms with van der Waals surface area (Å²) in [6.45, 7) is 8.36. The molecule has 2 rings (SSSR count). The fourth-order valence-corrected chi connectivity index (χ4v) is 3.66. The van der Waals surface area contributed by atoms with E-state index >= 15 is 0 Å². The maximum atomic E-state index is 11.0. The van der Waals surface area contributed by atoms with Gasteiger partial charge in [0.05, 0.1) is 0 Å². The van der Waals surface area contributed by atoms with Crippen molar-refractivity contribution in [3.8, 4) is 0 Å². The number of hydrogen-bond donors (Lipinski definition) is 1. The average molecular weight is 234 g/mol. The third-order valence-electron chi connectivity index (χ3n) is 4.88. The second kappa shape index (κ2) is 4.32. The van der Waals surface area contributed by atoms with E-state index in [2.05, 4.69) is 32.6 Å². The van der Waals surface area contributed by atoms with E-state index in [4.69, 9.17) is 5.11 Å². The van der Waals surface area contributed by atoms with E-state index in [-0.39, 0.29) is 11.3 Å². The maximum Gasteiger partial charge on any atom is 0.331 e. The minimum absolute atomic E-state index is 0.180. The van der Waals surface area contributed by atoms with Gasteiger partial charge in [-0.05, 0) is 48.9 Å². The van der Waals surface area contributed by atoms with E-state index < -0.39 is 5.97 Å². The molecule has 0 heterocycles. The highest BCUT2D eigenvalue weighted by Gasteiger charge is 2.43. The Kier molecular flexibility index (Phi) is 3.15. The van der Waals surface area contributed by atoms with Crippen LogP contribution in [0.1, 0.15) is 39.5 Å². The molecule has 1 saturated carbocycles. The Morgan fingerprint density at radius 1 is 1.53 bits per heavy atom. The van der Waals surface area contributed by atoms with Crippen molar-refractivity contribution < 1.29 is 9.90 Å². The van der Waals surface area contributed by atoms with Crippen LogP contribution < -0.4 is 0 Å². The zero-order valence-electron chi connectivity index (χ0n) is 10.8. The number of carboxylic acids is 1. The molecular weight excluding hydrogens is 212 g/mol. The number of hydrogen-bond acceptors (Lipinski definition) is 1. The molecular formula is C15H22O2. The number of carbonyl (C=O) groups is 1. The normalized spacial score (nSPS) is 40.7. The summed E-state index contributed by atoms with van der Waals surface area (Å²) in [6, 6.07) is 0. The Labute approximate surface area is 103 Å². The predicted molar refractivity (Wildman–Crippen MR) is 68.6 cm³/mol. The number of carboxylic acid groups (broad SMARTS) is 1. The molecule has 0 aliphatic heterocycles. The smallest absolute Gasteiger partial charge is 0.331 e. The second-order valence-corrected chi connectivity index (χ2v) is 6.03. The first-order valence-electron chi connectivity index (χ1n) is 6.54. The van der Waals surface area contributed by atoms with Crippen LogP contribution in [0.5, 0.6) is 0 Å². The molecule has 1 N–H and O–H groups in total. The van der Waals surface area contributed by atoms with Gasteiger partial charge in [0.15, 0.2) is 0 Å². The molecule has 0 aromatic rings. The van der Waals surface area contributed by atoms with Gasteiger partial charge in [-0.3, -0.25) is 0 Å². The van der Waals surface area contributed by atoms with E-state index in [1.54, 1.807) is 0 Å². The summed E-state index contributed by atoms with van der Waals surface area (Å²) in [7, 11) is 0. The van der Waals surface area contributed by atoms with E-state index in [9.17, 15) is 4.79 Å². The molecule has 4 atom stereocenters. The largest absolute Gasteiger partial charge is 0.478 e. The topological polar surface area (TPSA) is 37.3 Å². The molecule has 0 bridgehead atoms. The van der Waals surface area contributed by atoms with Gasteiger partial charge >= 0.3 is 5.97 Å². The highest BCUT2D eigenvalue weighted by molar-refractivity contribution is 5.86. The van der Waals surface area contributed by atoms with E-state index in [0.29, 0.717) is 17.4 Å². The van der Waals surface area contributed by atoms with Crippen LogP contribution in [0, 0.1) is 23.2 Å². The summed E-state index contributed by atoms with van der Waals surface area (Å²) < 4.78 is 0. The van der Waals surface area contributed by atoms with Gasteiger partial charge in [-0.15, -0.1) is 0 Å². The fourth-order valence-electron chi connectivity index (χ4n) is 3.66. The Balaban J connectivity index is 2.16. The van der Waals surface area contributed by atoms with Crippen LogP contribution in [0.2, 0.25) is 0 Å². The maximum absolute atomic E-state index is 11.0. The van der Waals surface area contributed by atoms with Gasteiger partial charge in [-0.25, -0.2) is 4.79 Å². The third-order valence-corrected chi connectivity index (χ3v) is 4.88. The van der Waals surface area contributed by atoms with Crippen LogP contribution in [0.25, 0.3) is 0 Å². The van der Waals surface area contributed by atoms with Gasteiger partial charge in [0, 0.05) is 5.57 Å². The Morgan fingerprint density at radius 2 is 2.24 bits per heavy atom. The highest BCUT2D eigenvalue weighted by atomic mass is 16.4. The van der Waals surface area contributed by atoms with Crippen molar-refractivity contribution in [1.82, 2.24) is 0 Å². The summed E-state index contributed by atoms with van der Waals surface area (Å²) in [4.78, 5) is 11.0. The highest BCUT2D eigenvalue weighted by Crippen LogP contribution is 2.52. The quantitative estimate of drug-likeness (QED) is 0.585. The van der Waals surface area contributed by atoms with Gasteiger partial charge in [0.25, 0.3) is 0 Å². The van der Waals surface area contributed by atoms with E-state index in [1.165, 1.54) is 0 Å². The predicted octanol–water partition coefficient (Wildman–Crippen LogP) is 3.65. The molecule has 0 aromatic carbocycles. The van der Waals surface area contributed by atoms with Crippen molar-refractivity contribution in [2.24, 2.45) is 23.2 Å². The summed E-state index contributed by atoms with van der Waals surface area (Å²) in [5.74, 6) is 0.633. The van der Waals surface area contributed by atoms with E-state index in [1.807, 2.05) is 0 Å². The van der Waals surface area contributed by atoms with Crippen LogP contribution in [-0.2, 0) is 4.79 Å². The number of aliphatic carboxylic acids is 1. The molecule has 1 fully saturated rings. The van der Waals surface area contributed by atoms with E-state index in [0.717, 1.165) is 25.7 Å². The molecule has 94 valence electrons. The fraction of sp³-hybridized carbons (Fsp3) is 0.667. The minimum atomic E-state index is -0.822. The lowest BCUT2D eigenvalue weighted by molar-refractivity contribution is -0.133. The van der Waals surface area contributed by atoms with Crippen LogP contribution >= 0.6 is 0 Å². The van der Waals surface area contributed by atoms with Crippen molar-refractivity contribution >= 4 is 5.97 Å². The SMILES string of the molecule is C=C(C(=O)O)[C@@H]1CC[C@@]2(C)C=CCC(C)[C@@H]2C1. The molecule has 0 saturated heterocycles. The average Bonchev–Trinajstić information content (AvgIpc) is 2.27. The lowest BCUT2D eigenvalue weighted by Crippen LogP contribution is -2.39. The first-order valence-corrected chi connectivity index (χ1v) is 6.54. The first-order chi connectivity index (χ1) is 7.94. The molecule has 1 unspecified atom stereocenters. The number of allylic oxidation sites excluding steroid dienone is 2. The van der Waals surface area contributed by atoms with Gasteiger partial charge in [-0.2, -0.15) is 0 Å². The van der Waals surface area contributed by atoms with Gasteiger partial charge in [0.2, 0.25) is 0 Å². The Hall–Kier alpha value is -1.05. The molecule has 2 aliphatic rings. The van der Waals surface area contributed by atoms with Crippen molar-refractivity contribution in [3.05, 3.63) is 24.3 Å². The van der Waals surface area contributed by atoms with Crippen molar-refractivity contribution in [3.63, 3.8) is 0 Å². The molecule has 17 heavy (non-hydrogen) atoms. The molecule has 0 radical (unpaired) electrons. The van der Waals surface area contributed by atoms with Crippen LogP contribution in [0.4, 0.5) is 0 Å². The van der Waals surface area contributed by atoms with Crippen molar-refractivity contribution in [2.75, 3.05) is 0 Å². The number of fused-ring (bicyclic) bond motifs is 1. The molecule has 0 amide bonds. The Morgan fingerprint density at radius 3 is 2.88 bits per heavy atom. The van der Waals surface area contributed by atoms with Gasteiger partial charge in [0.1, 0.15) is 0 Å². The molecule has 2 nitrogen and oxygen atoms in total. The zero-order chi connectivity index (χ0) is 12.6. The van der Waals surface area contributed by atoms with Crippen molar-refractivity contribution in [2.45, 2.75) is 39.5 Å². The van der Waals surface area contributed by atoms with Gasteiger partial charge < -0.3 is 5.11 Å². The number of rotatable bonds is 2. The lowest BCUT2D eigenvalue weighted by Gasteiger charge is -2.48. The molecule has 2 aliphatic carbocycles. The molecule has 0 spiro atoms. The van der Waals surface area contributed by atoms with Gasteiger partial charge in [-0.1, -0.05) is 32.6 Å². The molecule has 0 aromatic heterocycles. The first kappa shape index (κ1) is 12.4. The summed E-state index contributed by atoms with van der Waals surface area (Å²) in [5, 5.41) is 9.05. The zero-order valence-corrected chi connectivity index (χ0v) is 10.8. The van der Waals surface area contributed by atoms with Crippen LogP contribution in [0.15, 0.2) is 24.3 Å². The Bertz CT molecular complexity index is 369. The summed E-state index contributed by atoms with van der Waals surface area (Å²) in [5.41, 5.74) is 0.696. The second-order valence-electron chi connectivity index (χ2n) is 6.03. The summed E-state index contributed by atoms with van der Waals surface area (Å²) in [6.07, 6.45) is 8.84. The standard InChI is InChI=1S/C15H22O2/c1-10-5-4-7-15(3)8-6-12(9-13(10)15)11(2)14(16)17/h4,7,10,12-13H,2,5-6,8-9H2,1,3H3,(H,16,17)/t10?,12-,13+,15-/m1/s1. The van der Waals surface area contributed by atoms with Crippen LogP contribution in [-0.4, -0.2) is 11.1 Å². The minimum Gasteiger partial charge on any atom is -0.478 e. The molecule has 2 heteroatoms. The van der Waals surface area contributed by atoms with Crippen molar-refractivity contribution in [1.29, 1.82) is 0 Å². The lowest BCUT2D eigenvalue weighted by atomic mass is 9.57. The summed E-state index contributed by atoms with van der Waals surface area (Å²) >= 11 is 0.